The second-order valence-corrected chi connectivity index (χ2v) is 3.39. The van der Waals surface area contributed by atoms with Crippen LogP contribution in [0.2, 0.25) is 5.02 Å². The number of alkyl halides is 3. The van der Waals surface area contributed by atoms with Crippen molar-refractivity contribution in [3.05, 3.63) is 38.9 Å². The molecule has 0 unspecified atom stereocenters. The van der Waals surface area contributed by atoms with Crippen molar-refractivity contribution in [2.24, 2.45) is 5.73 Å². The smallest absolute Gasteiger partial charge is 0.316 e. The number of rotatable bonds is 2. The van der Waals surface area contributed by atoms with Gasteiger partial charge in [-0.15, -0.1) is 12.4 Å². The Morgan fingerprint density at radius 1 is 1.41 bits per heavy atom. The second-order valence-electron chi connectivity index (χ2n) is 2.98. The number of hydrogen-bond donors (Lipinski definition) is 1. The number of hydrogen-bond acceptors (Lipinski definition) is 3. The molecule has 4 nitrogen and oxygen atoms in total. The van der Waals surface area contributed by atoms with Gasteiger partial charge in [-0.1, -0.05) is 11.6 Å². The minimum Gasteiger partial charge on any atom is -0.316 e. The van der Waals surface area contributed by atoms with E-state index >= 15 is 0 Å². The molecular weight excluding hydrogens is 284 g/mol. The summed E-state index contributed by atoms with van der Waals surface area (Å²) >= 11 is 5.50. The van der Waals surface area contributed by atoms with E-state index in [1.165, 1.54) is 0 Å². The lowest BCUT2D eigenvalue weighted by molar-refractivity contribution is -0.385. The van der Waals surface area contributed by atoms with Crippen molar-refractivity contribution >= 4 is 29.7 Å². The van der Waals surface area contributed by atoms with Gasteiger partial charge in [0.05, 0.1) is 4.92 Å². The van der Waals surface area contributed by atoms with E-state index in [1.54, 1.807) is 0 Å². The molecule has 0 heterocycles. The van der Waals surface area contributed by atoms with Gasteiger partial charge < -0.3 is 5.73 Å². The molecule has 0 fully saturated rings. The molecule has 0 saturated carbocycles. The maximum atomic E-state index is 12.3. The summed E-state index contributed by atoms with van der Waals surface area (Å²) in [6, 6.07) is 0.413. The first-order valence-corrected chi connectivity index (χ1v) is 4.37. The second kappa shape index (κ2) is 5.52. The first kappa shape index (κ1) is 16.0. The highest BCUT2D eigenvalue weighted by atomic mass is 35.5. The van der Waals surface area contributed by atoms with E-state index in [0.717, 1.165) is 18.2 Å². The van der Waals surface area contributed by atoms with Crippen LogP contribution < -0.4 is 5.73 Å². The highest BCUT2D eigenvalue weighted by Crippen LogP contribution is 2.35. The molecule has 1 atom stereocenters. The summed E-state index contributed by atoms with van der Waals surface area (Å²) in [7, 11) is 0. The van der Waals surface area contributed by atoms with Crippen LogP contribution in [0.15, 0.2) is 18.2 Å². The number of halogens is 5. The lowest BCUT2D eigenvalue weighted by Gasteiger charge is -2.16. The zero-order valence-electron chi connectivity index (χ0n) is 8.07. The molecule has 0 bridgehead atoms. The number of nitrogens with zero attached hydrogens (tertiary/aromatic N) is 1. The van der Waals surface area contributed by atoms with Crippen LogP contribution in [0.25, 0.3) is 0 Å². The SMILES string of the molecule is Cl.N[C@@H](c1cc([N+](=O)[O-])ccc1Cl)C(F)(F)F. The average molecular weight is 291 g/mol. The Kier molecular flexibility index (Phi) is 5.18. The van der Waals surface area contributed by atoms with Gasteiger partial charge in [0.15, 0.2) is 0 Å². The van der Waals surface area contributed by atoms with E-state index in [1.807, 2.05) is 0 Å². The van der Waals surface area contributed by atoms with E-state index in [4.69, 9.17) is 17.3 Å². The zero-order valence-corrected chi connectivity index (χ0v) is 9.64. The monoisotopic (exact) mass is 290 g/mol. The van der Waals surface area contributed by atoms with Crippen LogP contribution in [0.3, 0.4) is 0 Å². The first-order valence-electron chi connectivity index (χ1n) is 3.99. The molecule has 17 heavy (non-hydrogen) atoms. The molecule has 1 rings (SSSR count). The molecule has 96 valence electrons. The normalized spacial score (nSPS) is 12.8. The van der Waals surface area contributed by atoms with Gasteiger partial charge in [-0.3, -0.25) is 10.1 Å². The Balaban J connectivity index is 0.00000256. The topological polar surface area (TPSA) is 69.2 Å². The predicted molar refractivity (Wildman–Crippen MR) is 58.3 cm³/mol. The molecule has 0 radical (unpaired) electrons. The molecule has 0 amide bonds. The van der Waals surface area contributed by atoms with Gasteiger partial charge in [0.25, 0.3) is 5.69 Å². The third-order valence-electron chi connectivity index (χ3n) is 1.88. The number of nitro groups is 1. The molecule has 0 spiro atoms. The van der Waals surface area contributed by atoms with E-state index in [0.29, 0.717) is 0 Å². The standard InChI is InChI=1S/C8H6ClF3N2O2.ClH/c9-6-2-1-4(14(15)16)3-5(6)7(13)8(10,11)12;/h1-3,7H,13H2;1H/t7-;/m0./s1. The van der Waals surface area contributed by atoms with E-state index in [2.05, 4.69) is 0 Å². The Morgan fingerprint density at radius 3 is 2.35 bits per heavy atom. The molecule has 1 aromatic rings. The molecule has 0 aliphatic heterocycles. The van der Waals surface area contributed by atoms with E-state index in [-0.39, 0.29) is 17.4 Å². The van der Waals surface area contributed by atoms with Crippen molar-refractivity contribution in [2.75, 3.05) is 0 Å². The third kappa shape index (κ3) is 3.72. The minimum absolute atomic E-state index is 0. The van der Waals surface area contributed by atoms with Crippen LogP contribution >= 0.6 is 24.0 Å². The summed E-state index contributed by atoms with van der Waals surface area (Å²) in [5, 5.41) is 10.1. The first-order chi connectivity index (χ1) is 7.23. The van der Waals surface area contributed by atoms with Crippen molar-refractivity contribution < 1.29 is 18.1 Å². The van der Waals surface area contributed by atoms with Crippen molar-refractivity contribution in [3.8, 4) is 0 Å². The summed E-state index contributed by atoms with van der Waals surface area (Å²) in [4.78, 5) is 9.56. The summed E-state index contributed by atoms with van der Waals surface area (Å²) in [6.45, 7) is 0. The molecule has 9 heteroatoms. The quantitative estimate of drug-likeness (QED) is 0.671. The fourth-order valence-electron chi connectivity index (χ4n) is 1.06. The van der Waals surface area contributed by atoms with Crippen LogP contribution in [0.1, 0.15) is 11.6 Å². The van der Waals surface area contributed by atoms with Gasteiger partial charge in [-0.05, 0) is 6.07 Å². The van der Waals surface area contributed by atoms with Gasteiger partial charge in [0.1, 0.15) is 6.04 Å². The number of benzene rings is 1. The number of non-ortho nitro benzene ring substituents is 1. The predicted octanol–water partition coefficient (Wildman–Crippen LogP) is 3.23. The fraction of sp³-hybridized carbons (Fsp3) is 0.250. The molecule has 0 aliphatic rings. The third-order valence-corrected chi connectivity index (χ3v) is 2.22. The summed E-state index contributed by atoms with van der Waals surface area (Å²) in [5.41, 5.74) is 3.91. The van der Waals surface area contributed by atoms with Gasteiger partial charge in [-0.2, -0.15) is 13.2 Å². The summed E-state index contributed by atoms with van der Waals surface area (Å²) in [6.07, 6.45) is -4.70. The van der Waals surface area contributed by atoms with Gasteiger partial charge in [0.2, 0.25) is 0 Å². The molecule has 0 aromatic heterocycles. The van der Waals surface area contributed by atoms with E-state index < -0.39 is 28.4 Å². The summed E-state index contributed by atoms with van der Waals surface area (Å²) in [5.74, 6) is 0. The zero-order chi connectivity index (χ0) is 12.5. The van der Waals surface area contributed by atoms with Gasteiger partial charge in [-0.25, -0.2) is 0 Å². The average Bonchev–Trinajstić information content (AvgIpc) is 2.15. The Hall–Kier alpha value is -1.05. The van der Waals surface area contributed by atoms with Gasteiger partial charge >= 0.3 is 6.18 Å². The molecule has 1 aromatic carbocycles. The summed E-state index contributed by atoms with van der Waals surface area (Å²) < 4.78 is 36.9. The lowest BCUT2D eigenvalue weighted by Crippen LogP contribution is -2.28. The molecule has 2 N–H and O–H groups in total. The Bertz CT molecular complexity index is 426. The largest absolute Gasteiger partial charge is 0.407 e. The molecule has 0 aliphatic carbocycles. The van der Waals surface area contributed by atoms with E-state index in [9.17, 15) is 23.3 Å². The fourth-order valence-corrected chi connectivity index (χ4v) is 1.29. The highest BCUT2D eigenvalue weighted by molar-refractivity contribution is 6.31. The molecular formula is C8H7Cl2F3N2O2. The maximum absolute atomic E-state index is 12.3. The maximum Gasteiger partial charge on any atom is 0.407 e. The van der Waals surface area contributed by atoms with Crippen LogP contribution in [-0.2, 0) is 0 Å². The van der Waals surface area contributed by atoms with Crippen LogP contribution in [0.5, 0.6) is 0 Å². The van der Waals surface area contributed by atoms with Crippen molar-refractivity contribution in [1.29, 1.82) is 0 Å². The molecule has 0 saturated heterocycles. The van der Waals surface area contributed by atoms with Crippen molar-refractivity contribution in [1.82, 2.24) is 0 Å². The highest BCUT2D eigenvalue weighted by Gasteiger charge is 2.39. The Morgan fingerprint density at radius 2 is 1.94 bits per heavy atom. The minimum atomic E-state index is -4.70. The number of nitro benzene ring substituents is 1. The Labute approximate surface area is 105 Å². The van der Waals surface area contributed by atoms with Gasteiger partial charge in [0, 0.05) is 22.7 Å². The van der Waals surface area contributed by atoms with Crippen molar-refractivity contribution in [3.63, 3.8) is 0 Å². The van der Waals surface area contributed by atoms with Crippen LogP contribution in [0.4, 0.5) is 18.9 Å². The van der Waals surface area contributed by atoms with Crippen molar-refractivity contribution in [2.45, 2.75) is 12.2 Å². The lowest BCUT2D eigenvalue weighted by atomic mass is 10.1. The number of nitrogens with two attached hydrogens (primary N) is 1. The van der Waals surface area contributed by atoms with Crippen LogP contribution in [-0.4, -0.2) is 11.1 Å². The van der Waals surface area contributed by atoms with Crippen LogP contribution in [0, 0.1) is 10.1 Å².